The first-order chi connectivity index (χ1) is 22.3. The summed E-state index contributed by atoms with van der Waals surface area (Å²) in [4.78, 5) is 61.0. The molecule has 3 aromatic carbocycles. The fraction of sp³-hybridized carbons (Fsp3) is 0.368. The zero-order valence-corrected chi connectivity index (χ0v) is 26.1. The van der Waals surface area contributed by atoms with Crippen molar-refractivity contribution in [3.05, 3.63) is 107 Å². The number of phenolic OH excluding ortho intramolecular Hbond substituents is 1. The number of nitrogens with zero attached hydrogens (tertiary/aromatic N) is 2. The molecule has 5 aliphatic rings. The number of hydrogen-bond donors (Lipinski definition) is 1. The molecule has 2 aliphatic heterocycles. The average Bonchev–Trinajstić information content (AvgIpc) is 3.46. The Bertz CT molecular complexity index is 1800. The Balaban J connectivity index is 1.34. The quantitative estimate of drug-likeness (QED) is 0.260. The van der Waals surface area contributed by atoms with Crippen LogP contribution >= 0.6 is 11.6 Å². The van der Waals surface area contributed by atoms with Gasteiger partial charge in [0.05, 0.1) is 28.9 Å². The summed E-state index contributed by atoms with van der Waals surface area (Å²) in [7, 11) is 0. The summed E-state index contributed by atoms with van der Waals surface area (Å²) in [6, 6.07) is 23.0. The van der Waals surface area contributed by atoms with Crippen molar-refractivity contribution in [3.8, 4) is 5.75 Å². The first-order valence-corrected chi connectivity index (χ1v) is 16.8. The summed E-state index contributed by atoms with van der Waals surface area (Å²) in [5, 5.41) is 11.8. The van der Waals surface area contributed by atoms with E-state index < -0.39 is 35.0 Å². The number of carbonyl (C=O) groups is 4. The molecule has 8 rings (SSSR count). The van der Waals surface area contributed by atoms with Crippen LogP contribution < -0.4 is 4.90 Å². The van der Waals surface area contributed by atoms with Gasteiger partial charge in [-0.25, -0.2) is 4.90 Å². The number of fused-ring (bicyclic) bond motifs is 4. The van der Waals surface area contributed by atoms with Crippen LogP contribution in [0.1, 0.15) is 62.0 Å². The molecule has 3 aromatic rings. The Morgan fingerprint density at radius 1 is 0.783 bits per heavy atom. The van der Waals surface area contributed by atoms with Crippen LogP contribution in [0.25, 0.3) is 0 Å². The van der Waals surface area contributed by atoms with Crippen molar-refractivity contribution in [2.24, 2.45) is 23.7 Å². The molecule has 234 valence electrons. The number of aromatic hydroxyl groups is 1. The van der Waals surface area contributed by atoms with Crippen LogP contribution in [0.15, 0.2) is 90.5 Å². The average molecular weight is 635 g/mol. The van der Waals surface area contributed by atoms with Crippen LogP contribution in [0, 0.1) is 23.7 Å². The summed E-state index contributed by atoms with van der Waals surface area (Å²) in [6.45, 7) is 0. The topological polar surface area (TPSA) is 95.0 Å². The van der Waals surface area contributed by atoms with Gasteiger partial charge in [-0.15, -0.1) is 0 Å². The molecule has 2 saturated heterocycles. The van der Waals surface area contributed by atoms with Gasteiger partial charge in [0, 0.05) is 22.5 Å². The van der Waals surface area contributed by atoms with Crippen molar-refractivity contribution in [1.29, 1.82) is 0 Å². The Morgan fingerprint density at radius 3 is 2.26 bits per heavy atom. The third-order valence-electron chi connectivity index (χ3n) is 11.4. The third kappa shape index (κ3) is 4.03. The van der Waals surface area contributed by atoms with E-state index in [2.05, 4.69) is 0 Å². The number of hydrogen-bond acceptors (Lipinski definition) is 5. The van der Waals surface area contributed by atoms with Crippen LogP contribution in [0.3, 0.4) is 0 Å². The first-order valence-electron chi connectivity index (χ1n) is 16.4. The lowest BCUT2D eigenvalue weighted by Crippen LogP contribution is -2.53. The Hall–Kier alpha value is -4.23. The molecule has 0 bridgehead atoms. The van der Waals surface area contributed by atoms with Crippen molar-refractivity contribution in [2.75, 3.05) is 4.90 Å². The van der Waals surface area contributed by atoms with Crippen LogP contribution in [0.2, 0.25) is 5.02 Å². The van der Waals surface area contributed by atoms with Crippen LogP contribution in [-0.2, 0) is 24.6 Å². The number of halogens is 1. The highest BCUT2D eigenvalue weighted by molar-refractivity contribution is 6.32. The lowest BCUT2D eigenvalue weighted by molar-refractivity contribution is -0.143. The fourth-order valence-corrected chi connectivity index (χ4v) is 9.73. The summed E-state index contributed by atoms with van der Waals surface area (Å²) < 4.78 is 0. The van der Waals surface area contributed by atoms with E-state index in [4.69, 9.17) is 11.6 Å². The number of para-hydroxylation sites is 1. The van der Waals surface area contributed by atoms with Gasteiger partial charge in [-0.3, -0.25) is 24.1 Å². The minimum absolute atomic E-state index is 0.0179. The van der Waals surface area contributed by atoms with Crippen molar-refractivity contribution in [2.45, 2.75) is 62.3 Å². The van der Waals surface area contributed by atoms with E-state index >= 15 is 4.79 Å². The predicted octanol–water partition coefficient (Wildman–Crippen LogP) is 6.54. The van der Waals surface area contributed by atoms with Crippen molar-refractivity contribution < 1.29 is 24.3 Å². The zero-order valence-electron chi connectivity index (χ0n) is 25.3. The molecule has 6 atom stereocenters. The number of carbonyl (C=O) groups excluding carboxylic acids is 4. The molecule has 0 aromatic heterocycles. The second kappa shape index (κ2) is 10.9. The highest BCUT2D eigenvalue weighted by atomic mass is 35.5. The van der Waals surface area contributed by atoms with Crippen LogP contribution in [-0.4, -0.2) is 39.7 Å². The predicted molar refractivity (Wildman–Crippen MR) is 173 cm³/mol. The normalized spacial score (nSPS) is 31.1. The maximum Gasteiger partial charge on any atom is 0.246 e. The summed E-state index contributed by atoms with van der Waals surface area (Å²) in [6.07, 6.45) is 7.41. The highest BCUT2D eigenvalue weighted by Crippen LogP contribution is 2.65. The largest absolute Gasteiger partial charge is 0.508 e. The first kappa shape index (κ1) is 29.2. The van der Waals surface area contributed by atoms with Gasteiger partial charge in [0.1, 0.15) is 5.75 Å². The van der Waals surface area contributed by atoms with Crippen LogP contribution in [0.4, 0.5) is 5.69 Å². The van der Waals surface area contributed by atoms with Gasteiger partial charge in [-0.05, 0) is 61.4 Å². The monoisotopic (exact) mass is 634 g/mol. The second-order valence-electron chi connectivity index (χ2n) is 13.5. The van der Waals surface area contributed by atoms with E-state index in [0.717, 1.165) is 37.7 Å². The van der Waals surface area contributed by atoms with Gasteiger partial charge in [-0.2, -0.15) is 0 Å². The van der Waals surface area contributed by atoms with E-state index in [0.29, 0.717) is 28.3 Å². The number of allylic oxidation sites excluding steroid dienone is 2. The molecule has 46 heavy (non-hydrogen) atoms. The van der Waals surface area contributed by atoms with Crippen LogP contribution in [0.5, 0.6) is 5.75 Å². The number of likely N-dealkylation sites (tertiary alicyclic amines) is 1. The molecule has 4 fully saturated rings. The van der Waals surface area contributed by atoms with E-state index in [-0.39, 0.29) is 41.8 Å². The maximum absolute atomic E-state index is 15.2. The zero-order chi connectivity index (χ0) is 31.7. The van der Waals surface area contributed by atoms with Gasteiger partial charge in [0.15, 0.2) is 0 Å². The number of benzene rings is 3. The lowest BCUT2D eigenvalue weighted by Gasteiger charge is -2.50. The molecule has 2 saturated carbocycles. The molecule has 0 spiro atoms. The number of imide groups is 2. The van der Waals surface area contributed by atoms with Gasteiger partial charge in [0.2, 0.25) is 23.6 Å². The van der Waals surface area contributed by atoms with Crippen molar-refractivity contribution >= 4 is 40.9 Å². The summed E-state index contributed by atoms with van der Waals surface area (Å²) in [5.41, 5.74) is 1.04. The number of amides is 4. The Kier molecular flexibility index (Phi) is 6.94. The van der Waals surface area contributed by atoms with Gasteiger partial charge in [-0.1, -0.05) is 97.1 Å². The number of phenols is 1. The van der Waals surface area contributed by atoms with Crippen molar-refractivity contribution in [3.63, 3.8) is 0 Å². The molecular formula is C38H35ClN2O5. The minimum atomic E-state index is -1.40. The smallest absolute Gasteiger partial charge is 0.246 e. The molecule has 4 amide bonds. The van der Waals surface area contributed by atoms with Gasteiger partial charge in [0.25, 0.3) is 0 Å². The lowest BCUT2D eigenvalue weighted by atomic mass is 9.49. The highest BCUT2D eigenvalue weighted by Gasteiger charge is 2.70. The standard InChI is InChI=1S/C38H35ClN2O5/c39-23-12-9-15-25(20-23)41-35(44)30-21-29-26(18-19-28-32(29)36(45)40(34(28)43)24-13-5-2-6-14-24)33(27-16-7-8-17-31(27)42)38(30,37(41)46)22-10-3-1-4-11-22/h1,3-4,7-12,15-18,20,24,28-30,32-33,42H,2,5-6,13-14,19,21H2. The number of rotatable bonds is 4. The second-order valence-corrected chi connectivity index (χ2v) is 13.9. The molecule has 7 nitrogen and oxygen atoms in total. The van der Waals surface area contributed by atoms with Gasteiger partial charge < -0.3 is 5.11 Å². The third-order valence-corrected chi connectivity index (χ3v) is 11.6. The molecule has 1 N–H and O–H groups in total. The Labute approximate surface area is 272 Å². The minimum Gasteiger partial charge on any atom is -0.508 e. The summed E-state index contributed by atoms with van der Waals surface area (Å²) in [5.74, 6) is -4.12. The molecule has 6 unspecified atom stereocenters. The van der Waals surface area contributed by atoms with E-state index in [9.17, 15) is 19.5 Å². The molecule has 0 radical (unpaired) electrons. The maximum atomic E-state index is 15.2. The molecule has 3 aliphatic carbocycles. The number of anilines is 1. The SMILES string of the molecule is O=C1C2CC3C(=CCC4C(=O)N(C5CCCCC5)C(=O)C43)C(c3ccccc3O)C2(c2ccccc2)C(=O)N1c1cccc(Cl)c1. The van der Waals surface area contributed by atoms with E-state index in [1.165, 1.54) is 4.90 Å². The Morgan fingerprint density at radius 2 is 1.52 bits per heavy atom. The van der Waals surface area contributed by atoms with E-state index in [1.54, 1.807) is 41.3 Å². The van der Waals surface area contributed by atoms with E-state index in [1.807, 2.05) is 48.5 Å². The fourth-order valence-electron chi connectivity index (χ4n) is 9.54. The molecular weight excluding hydrogens is 600 g/mol. The summed E-state index contributed by atoms with van der Waals surface area (Å²) >= 11 is 6.37. The van der Waals surface area contributed by atoms with Gasteiger partial charge >= 0.3 is 0 Å². The molecule has 2 heterocycles. The van der Waals surface area contributed by atoms with Crippen molar-refractivity contribution in [1.82, 2.24) is 4.90 Å². The molecule has 8 heteroatoms.